The van der Waals surface area contributed by atoms with E-state index in [1.54, 1.807) is 0 Å². The maximum Gasteiger partial charge on any atom is 0.111 e. The summed E-state index contributed by atoms with van der Waals surface area (Å²) in [6, 6.07) is 0. The Hall–Kier alpha value is -0.200. The van der Waals surface area contributed by atoms with Gasteiger partial charge >= 0.3 is 0 Å². The van der Waals surface area contributed by atoms with Crippen molar-refractivity contribution in [3.63, 3.8) is 0 Å². The van der Waals surface area contributed by atoms with Crippen LogP contribution in [0, 0.1) is 5.41 Å². The third-order valence-electron chi connectivity index (χ3n) is 2.75. The van der Waals surface area contributed by atoms with Crippen molar-refractivity contribution in [1.29, 1.82) is 0 Å². The van der Waals surface area contributed by atoms with Crippen LogP contribution in [0.2, 0.25) is 0 Å². The lowest BCUT2D eigenvalue weighted by Crippen LogP contribution is -2.61. The molecular weight excluding hydrogens is 200 g/mol. The first kappa shape index (κ1) is 12.9. The molecule has 0 aromatic rings. The van der Waals surface area contributed by atoms with Crippen LogP contribution < -0.4 is 0 Å². The number of hydrogen-bond donors (Lipinski definition) is 4. The summed E-state index contributed by atoms with van der Waals surface area (Å²) in [7, 11) is 0. The van der Waals surface area contributed by atoms with Gasteiger partial charge in [0.15, 0.2) is 0 Å². The summed E-state index contributed by atoms with van der Waals surface area (Å²) in [4.78, 5) is 0. The Balaban J connectivity index is 2.83. The van der Waals surface area contributed by atoms with Crippen LogP contribution in [-0.4, -0.2) is 57.6 Å². The molecule has 5 atom stereocenters. The quantitative estimate of drug-likeness (QED) is 0.449. The predicted octanol–water partition coefficient (Wildman–Crippen LogP) is -1.13. The van der Waals surface area contributed by atoms with Crippen LogP contribution in [0.15, 0.2) is 0 Å². The lowest BCUT2D eigenvalue weighted by molar-refractivity contribution is -0.250. The Morgan fingerprint density at radius 3 is 1.93 bits per heavy atom. The fourth-order valence-electron chi connectivity index (χ4n) is 1.82. The molecule has 4 N–H and O–H groups in total. The van der Waals surface area contributed by atoms with Crippen molar-refractivity contribution in [1.82, 2.24) is 0 Å². The molecule has 1 aliphatic rings. The van der Waals surface area contributed by atoms with E-state index in [0.29, 0.717) is 0 Å². The molecule has 5 nitrogen and oxygen atoms in total. The molecule has 1 heterocycles. The molecule has 2 unspecified atom stereocenters. The van der Waals surface area contributed by atoms with Crippen LogP contribution in [-0.2, 0) is 4.74 Å². The monoisotopic (exact) mass is 220 g/mol. The fraction of sp³-hybridized carbons (Fsp3) is 1.00. The van der Waals surface area contributed by atoms with Crippen molar-refractivity contribution in [2.75, 3.05) is 6.61 Å². The minimum atomic E-state index is -1.28. The van der Waals surface area contributed by atoms with Gasteiger partial charge in [-0.3, -0.25) is 0 Å². The molecule has 1 rings (SSSR count). The number of ether oxygens (including phenoxy) is 1. The average Bonchev–Trinajstić information content (AvgIpc) is 2.13. The summed E-state index contributed by atoms with van der Waals surface area (Å²) in [5.74, 6) is 0. The van der Waals surface area contributed by atoms with Crippen LogP contribution in [0.3, 0.4) is 0 Å². The largest absolute Gasteiger partial charge is 0.394 e. The minimum absolute atomic E-state index is 0.367. The summed E-state index contributed by atoms with van der Waals surface area (Å²) in [5.41, 5.74) is -0.367. The van der Waals surface area contributed by atoms with Gasteiger partial charge < -0.3 is 25.2 Å². The van der Waals surface area contributed by atoms with Crippen molar-refractivity contribution < 1.29 is 25.2 Å². The van der Waals surface area contributed by atoms with Gasteiger partial charge in [-0.15, -0.1) is 0 Å². The molecule has 1 saturated heterocycles. The molecule has 1 fully saturated rings. The van der Waals surface area contributed by atoms with E-state index < -0.39 is 30.5 Å². The molecule has 0 aliphatic carbocycles. The first-order valence-corrected chi connectivity index (χ1v) is 5.09. The highest BCUT2D eigenvalue weighted by atomic mass is 16.5. The van der Waals surface area contributed by atoms with Gasteiger partial charge in [0.1, 0.15) is 24.4 Å². The Morgan fingerprint density at radius 2 is 1.53 bits per heavy atom. The molecular formula is C10H20O5. The Labute approximate surface area is 89.3 Å². The molecule has 90 valence electrons. The molecule has 0 aromatic carbocycles. The van der Waals surface area contributed by atoms with E-state index in [1.807, 2.05) is 20.8 Å². The van der Waals surface area contributed by atoms with E-state index in [2.05, 4.69) is 0 Å². The number of aliphatic hydroxyl groups excluding tert-OH is 4. The van der Waals surface area contributed by atoms with Gasteiger partial charge in [0.25, 0.3) is 0 Å². The molecule has 1 aliphatic heterocycles. The van der Waals surface area contributed by atoms with Crippen molar-refractivity contribution in [3.05, 3.63) is 0 Å². The zero-order chi connectivity index (χ0) is 11.8. The summed E-state index contributed by atoms with van der Waals surface area (Å²) in [6.45, 7) is 5.21. The molecule has 5 heteroatoms. The highest BCUT2D eigenvalue weighted by Gasteiger charge is 2.47. The normalized spacial score (nSPS) is 43.0. The lowest BCUT2D eigenvalue weighted by atomic mass is 9.80. The van der Waals surface area contributed by atoms with Crippen LogP contribution in [0.4, 0.5) is 0 Å². The van der Waals surface area contributed by atoms with Gasteiger partial charge in [-0.2, -0.15) is 0 Å². The SMILES string of the molecule is CC(C)(C)[C@H]1OC(CO)[C@@H](O)C(O)[C@@H]1O. The van der Waals surface area contributed by atoms with Gasteiger partial charge in [-0.25, -0.2) is 0 Å². The molecule has 0 spiro atoms. The van der Waals surface area contributed by atoms with E-state index in [1.165, 1.54) is 0 Å². The topological polar surface area (TPSA) is 90.2 Å². The maximum atomic E-state index is 9.74. The highest BCUT2D eigenvalue weighted by molar-refractivity contribution is 4.96. The maximum absolute atomic E-state index is 9.74. The van der Waals surface area contributed by atoms with Gasteiger partial charge in [-0.1, -0.05) is 20.8 Å². The number of rotatable bonds is 1. The molecule has 0 bridgehead atoms. The van der Waals surface area contributed by atoms with Crippen molar-refractivity contribution in [2.24, 2.45) is 5.41 Å². The molecule has 0 amide bonds. The lowest BCUT2D eigenvalue weighted by Gasteiger charge is -2.45. The predicted molar refractivity (Wildman–Crippen MR) is 53.2 cm³/mol. The zero-order valence-corrected chi connectivity index (χ0v) is 9.29. The molecule has 0 saturated carbocycles. The van der Waals surface area contributed by atoms with Gasteiger partial charge in [0, 0.05) is 0 Å². The third kappa shape index (κ3) is 2.49. The highest BCUT2D eigenvalue weighted by Crippen LogP contribution is 2.32. The average molecular weight is 220 g/mol. The third-order valence-corrected chi connectivity index (χ3v) is 2.75. The van der Waals surface area contributed by atoms with Gasteiger partial charge in [0.05, 0.1) is 12.7 Å². The fourth-order valence-corrected chi connectivity index (χ4v) is 1.82. The van der Waals surface area contributed by atoms with E-state index in [9.17, 15) is 15.3 Å². The summed E-state index contributed by atoms with van der Waals surface area (Å²) >= 11 is 0. The Bertz CT molecular complexity index is 210. The second-order valence-electron chi connectivity index (χ2n) is 5.12. The second kappa shape index (κ2) is 4.35. The summed E-state index contributed by atoms with van der Waals surface area (Å²) < 4.78 is 5.38. The van der Waals surface area contributed by atoms with Crippen LogP contribution in [0.5, 0.6) is 0 Å². The van der Waals surface area contributed by atoms with E-state index in [-0.39, 0.29) is 12.0 Å². The van der Waals surface area contributed by atoms with Gasteiger partial charge in [-0.05, 0) is 5.41 Å². The standard InChI is InChI=1S/C10H20O5/c1-10(2,3)9-8(14)7(13)6(12)5(4-11)15-9/h5-9,11-14H,4H2,1-3H3/t5?,6-,7?,8+,9+/m1/s1. The molecule has 15 heavy (non-hydrogen) atoms. The summed E-state index contributed by atoms with van der Waals surface area (Å²) in [5, 5.41) is 37.8. The Morgan fingerprint density at radius 1 is 1.00 bits per heavy atom. The van der Waals surface area contributed by atoms with Gasteiger partial charge in [0.2, 0.25) is 0 Å². The first-order valence-electron chi connectivity index (χ1n) is 5.09. The van der Waals surface area contributed by atoms with Crippen molar-refractivity contribution in [3.8, 4) is 0 Å². The van der Waals surface area contributed by atoms with E-state index >= 15 is 0 Å². The number of aliphatic hydroxyl groups is 4. The van der Waals surface area contributed by atoms with Crippen LogP contribution in [0.25, 0.3) is 0 Å². The minimum Gasteiger partial charge on any atom is -0.394 e. The van der Waals surface area contributed by atoms with Crippen molar-refractivity contribution >= 4 is 0 Å². The smallest absolute Gasteiger partial charge is 0.111 e. The number of hydrogen-bond acceptors (Lipinski definition) is 5. The van der Waals surface area contributed by atoms with E-state index in [4.69, 9.17) is 9.84 Å². The van der Waals surface area contributed by atoms with Crippen LogP contribution >= 0.6 is 0 Å². The van der Waals surface area contributed by atoms with Crippen molar-refractivity contribution in [2.45, 2.75) is 51.3 Å². The Kier molecular flexibility index (Phi) is 3.73. The van der Waals surface area contributed by atoms with Crippen LogP contribution in [0.1, 0.15) is 20.8 Å². The zero-order valence-electron chi connectivity index (χ0n) is 9.29. The first-order chi connectivity index (χ1) is 6.79. The second-order valence-corrected chi connectivity index (χ2v) is 5.12. The molecule has 0 aromatic heterocycles. The summed E-state index contributed by atoms with van der Waals surface area (Å²) in [6.07, 6.45) is -5.10. The van der Waals surface area contributed by atoms with E-state index in [0.717, 1.165) is 0 Å². The molecule has 0 radical (unpaired) electrons.